The fourth-order valence-corrected chi connectivity index (χ4v) is 3.37. The van der Waals surface area contributed by atoms with Gasteiger partial charge in [0.05, 0.1) is 12.2 Å². The number of amides is 1. The number of hydrogen-bond donors (Lipinski definition) is 0. The molecule has 1 atom stereocenters. The van der Waals surface area contributed by atoms with E-state index in [1.807, 2.05) is 13.2 Å². The van der Waals surface area contributed by atoms with E-state index in [-0.39, 0.29) is 11.9 Å². The van der Waals surface area contributed by atoms with Crippen molar-refractivity contribution < 1.29 is 9.18 Å². The van der Waals surface area contributed by atoms with E-state index in [9.17, 15) is 9.18 Å². The minimum Gasteiger partial charge on any atom is -0.331 e. The molecule has 7 heteroatoms. The number of carbonyl (C=O) groups excluding carboxylic acids is 1. The van der Waals surface area contributed by atoms with Gasteiger partial charge >= 0.3 is 0 Å². The second kappa shape index (κ2) is 6.16. The Labute approximate surface area is 144 Å². The normalized spacial score (nSPS) is 17.2. The van der Waals surface area contributed by atoms with Gasteiger partial charge in [0.1, 0.15) is 11.5 Å². The number of halogens is 1. The van der Waals surface area contributed by atoms with Gasteiger partial charge in [-0.25, -0.2) is 9.07 Å². The van der Waals surface area contributed by atoms with Crippen molar-refractivity contribution in [1.82, 2.24) is 24.5 Å². The van der Waals surface area contributed by atoms with Crippen LogP contribution in [0.1, 0.15) is 34.8 Å². The lowest BCUT2D eigenvalue weighted by molar-refractivity contribution is 0.0735. The molecule has 0 radical (unpaired) electrons. The fourth-order valence-electron chi connectivity index (χ4n) is 3.37. The maximum atomic E-state index is 14.4. The SMILES string of the molecule is Cn1cc([C@@H]2CCCN2C(=O)c2ccc(-n3cccn3)c(F)c2)cn1. The van der Waals surface area contributed by atoms with Crippen molar-refractivity contribution in [3.05, 3.63) is 66.0 Å². The number of benzene rings is 1. The quantitative estimate of drug-likeness (QED) is 0.737. The highest BCUT2D eigenvalue weighted by molar-refractivity contribution is 5.95. The third kappa shape index (κ3) is 2.82. The van der Waals surface area contributed by atoms with Crippen LogP contribution in [0.5, 0.6) is 0 Å². The number of rotatable bonds is 3. The molecular weight excluding hydrogens is 321 g/mol. The van der Waals surface area contributed by atoms with Gasteiger partial charge in [-0.1, -0.05) is 0 Å². The molecule has 0 aliphatic carbocycles. The first-order valence-corrected chi connectivity index (χ1v) is 8.22. The number of nitrogens with zero attached hydrogens (tertiary/aromatic N) is 5. The molecule has 3 heterocycles. The van der Waals surface area contributed by atoms with Crippen LogP contribution in [0.15, 0.2) is 49.1 Å². The van der Waals surface area contributed by atoms with Crippen molar-refractivity contribution in [2.45, 2.75) is 18.9 Å². The first-order valence-electron chi connectivity index (χ1n) is 8.22. The van der Waals surface area contributed by atoms with Crippen LogP contribution in [0.3, 0.4) is 0 Å². The number of hydrogen-bond acceptors (Lipinski definition) is 3. The number of aromatic nitrogens is 4. The van der Waals surface area contributed by atoms with Gasteiger partial charge in [-0.2, -0.15) is 10.2 Å². The van der Waals surface area contributed by atoms with Crippen molar-refractivity contribution in [3.63, 3.8) is 0 Å². The van der Waals surface area contributed by atoms with Crippen molar-refractivity contribution in [2.75, 3.05) is 6.54 Å². The highest BCUT2D eigenvalue weighted by atomic mass is 19.1. The monoisotopic (exact) mass is 339 g/mol. The average molecular weight is 339 g/mol. The van der Waals surface area contributed by atoms with Crippen molar-refractivity contribution >= 4 is 5.91 Å². The second-order valence-electron chi connectivity index (χ2n) is 6.22. The van der Waals surface area contributed by atoms with Crippen LogP contribution in [0.25, 0.3) is 5.69 Å². The molecule has 128 valence electrons. The minimum atomic E-state index is -0.466. The third-order valence-electron chi connectivity index (χ3n) is 4.57. The molecule has 1 aromatic carbocycles. The lowest BCUT2D eigenvalue weighted by Gasteiger charge is -2.24. The summed E-state index contributed by atoms with van der Waals surface area (Å²) in [6.45, 7) is 0.668. The second-order valence-corrected chi connectivity index (χ2v) is 6.22. The summed E-state index contributed by atoms with van der Waals surface area (Å²) in [7, 11) is 1.86. The van der Waals surface area contributed by atoms with E-state index >= 15 is 0 Å². The maximum absolute atomic E-state index is 14.4. The summed E-state index contributed by atoms with van der Waals surface area (Å²) in [4.78, 5) is 14.7. The molecule has 6 nitrogen and oxygen atoms in total. The Morgan fingerprint density at radius 2 is 2.20 bits per heavy atom. The lowest BCUT2D eigenvalue weighted by atomic mass is 10.1. The van der Waals surface area contributed by atoms with Crippen molar-refractivity contribution in [3.8, 4) is 5.69 Å². The molecule has 0 spiro atoms. The molecule has 0 saturated carbocycles. The van der Waals surface area contributed by atoms with Gasteiger partial charge in [-0.05, 0) is 37.1 Å². The zero-order chi connectivity index (χ0) is 17.4. The van der Waals surface area contributed by atoms with Crippen LogP contribution in [0.2, 0.25) is 0 Å². The highest BCUT2D eigenvalue weighted by Crippen LogP contribution is 2.33. The summed E-state index contributed by atoms with van der Waals surface area (Å²) in [6, 6.07) is 6.25. The first-order chi connectivity index (χ1) is 12.1. The lowest BCUT2D eigenvalue weighted by Crippen LogP contribution is -2.30. The Bertz CT molecular complexity index is 902. The predicted molar refractivity (Wildman–Crippen MR) is 89.7 cm³/mol. The molecule has 25 heavy (non-hydrogen) atoms. The topological polar surface area (TPSA) is 56.0 Å². The zero-order valence-corrected chi connectivity index (χ0v) is 13.8. The van der Waals surface area contributed by atoms with Crippen LogP contribution >= 0.6 is 0 Å². The largest absolute Gasteiger partial charge is 0.331 e. The Morgan fingerprint density at radius 3 is 2.88 bits per heavy atom. The predicted octanol–water partition coefficient (Wildman–Crippen LogP) is 2.72. The van der Waals surface area contributed by atoms with Gasteiger partial charge in [0.2, 0.25) is 0 Å². The van der Waals surface area contributed by atoms with E-state index in [0.717, 1.165) is 18.4 Å². The van der Waals surface area contributed by atoms with Crippen LogP contribution < -0.4 is 0 Å². The molecule has 1 saturated heterocycles. The van der Waals surface area contributed by atoms with Gasteiger partial charge < -0.3 is 4.90 Å². The molecule has 1 aliphatic heterocycles. The summed E-state index contributed by atoms with van der Waals surface area (Å²) in [5.41, 5.74) is 1.69. The van der Waals surface area contributed by atoms with Gasteiger partial charge in [-0.3, -0.25) is 9.48 Å². The molecule has 1 amide bonds. The van der Waals surface area contributed by atoms with E-state index in [2.05, 4.69) is 10.2 Å². The van der Waals surface area contributed by atoms with Crippen LogP contribution in [0, 0.1) is 5.82 Å². The molecule has 2 aromatic heterocycles. The van der Waals surface area contributed by atoms with Crippen molar-refractivity contribution in [1.29, 1.82) is 0 Å². The molecule has 3 aromatic rings. The Balaban J connectivity index is 1.61. The van der Waals surface area contributed by atoms with E-state index in [4.69, 9.17) is 0 Å². The van der Waals surface area contributed by atoms with Gasteiger partial charge in [0.25, 0.3) is 5.91 Å². The van der Waals surface area contributed by atoms with Crippen LogP contribution in [-0.2, 0) is 7.05 Å². The summed E-state index contributed by atoms with van der Waals surface area (Å²) < 4.78 is 17.6. The maximum Gasteiger partial charge on any atom is 0.254 e. The van der Waals surface area contributed by atoms with Gasteiger partial charge in [-0.15, -0.1) is 0 Å². The molecule has 0 N–H and O–H groups in total. The summed E-state index contributed by atoms with van der Waals surface area (Å²) in [5, 5.41) is 8.22. The molecule has 4 rings (SSSR count). The van der Waals surface area contributed by atoms with E-state index in [1.165, 1.54) is 10.7 Å². The molecule has 0 bridgehead atoms. The first kappa shape index (κ1) is 15.6. The van der Waals surface area contributed by atoms with Crippen LogP contribution in [0.4, 0.5) is 4.39 Å². The van der Waals surface area contributed by atoms with Crippen molar-refractivity contribution in [2.24, 2.45) is 7.05 Å². The van der Waals surface area contributed by atoms with Gasteiger partial charge in [0, 0.05) is 43.3 Å². The average Bonchev–Trinajstić information content (AvgIpc) is 3.35. The molecule has 0 unspecified atom stereocenters. The fraction of sp³-hybridized carbons (Fsp3) is 0.278. The van der Waals surface area contributed by atoms with Crippen LogP contribution in [-0.4, -0.2) is 36.9 Å². The number of carbonyl (C=O) groups is 1. The minimum absolute atomic E-state index is 0.00458. The summed E-state index contributed by atoms with van der Waals surface area (Å²) >= 11 is 0. The zero-order valence-electron chi connectivity index (χ0n) is 13.8. The highest BCUT2D eigenvalue weighted by Gasteiger charge is 2.31. The molecular formula is C18H18FN5O. The van der Waals surface area contributed by atoms with E-state index in [0.29, 0.717) is 17.8 Å². The van der Waals surface area contributed by atoms with Gasteiger partial charge in [0.15, 0.2) is 0 Å². The van der Waals surface area contributed by atoms with E-state index in [1.54, 1.807) is 46.4 Å². The number of likely N-dealkylation sites (tertiary alicyclic amines) is 1. The Hall–Kier alpha value is -2.96. The smallest absolute Gasteiger partial charge is 0.254 e. The summed E-state index contributed by atoms with van der Waals surface area (Å²) in [5.74, 6) is -0.621. The standard InChI is InChI=1S/C18H18FN5O/c1-22-12-14(11-21-22)16-4-2-8-23(16)18(25)13-5-6-17(15(19)10-13)24-9-3-7-20-24/h3,5-7,9-12,16H,2,4,8H2,1H3/t16-/m0/s1. The molecule has 1 fully saturated rings. The Morgan fingerprint density at radius 1 is 1.32 bits per heavy atom. The number of aryl methyl sites for hydroxylation is 1. The Kier molecular flexibility index (Phi) is 3.83. The van der Waals surface area contributed by atoms with E-state index < -0.39 is 5.82 Å². The summed E-state index contributed by atoms with van der Waals surface area (Å²) in [6.07, 6.45) is 8.79. The third-order valence-corrected chi connectivity index (χ3v) is 4.57. The molecule has 1 aliphatic rings.